The standard InChI is InChI=1S/C16H21BrN2O4/c17-13-7-5-12(6-8-13)16(23)19-11-9-14(20)18-10-3-1-2-4-15(21)22/h5-8H,1-4,9-11H2,(H,18,20)(H,19,23)(H,21,22). The fraction of sp³-hybridized carbons (Fsp3) is 0.438. The highest BCUT2D eigenvalue weighted by Crippen LogP contribution is 2.10. The second-order valence-corrected chi connectivity index (χ2v) is 5.98. The van der Waals surface area contributed by atoms with E-state index < -0.39 is 5.97 Å². The van der Waals surface area contributed by atoms with Crippen LogP contribution in [0.4, 0.5) is 0 Å². The maximum absolute atomic E-state index is 11.8. The fourth-order valence-electron chi connectivity index (χ4n) is 1.89. The quantitative estimate of drug-likeness (QED) is 0.539. The van der Waals surface area contributed by atoms with Crippen LogP contribution in [-0.2, 0) is 9.59 Å². The predicted octanol–water partition coefficient (Wildman–Crippen LogP) is 2.33. The Morgan fingerprint density at radius 1 is 0.913 bits per heavy atom. The summed E-state index contributed by atoms with van der Waals surface area (Å²) in [7, 11) is 0. The van der Waals surface area contributed by atoms with E-state index in [0.717, 1.165) is 17.3 Å². The van der Waals surface area contributed by atoms with Crippen molar-refractivity contribution in [3.8, 4) is 0 Å². The Morgan fingerprint density at radius 2 is 1.61 bits per heavy atom. The van der Waals surface area contributed by atoms with E-state index in [1.54, 1.807) is 24.3 Å². The molecule has 0 atom stereocenters. The molecule has 1 aromatic rings. The number of amides is 2. The summed E-state index contributed by atoms with van der Waals surface area (Å²) in [6.45, 7) is 0.804. The average Bonchev–Trinajstić information content (AvgIpc) is 2.51. The second-order valence-electron chi connectivity index (χ2n) is 5.07. The maximum Gasteiger partial charge on any atom is 0.303 e. The zero-order chi connectivity index (χ0) is 17.1. The smallest absolute Gasteiger partial charge is 0.303 e. The Hall–Kier alpha value is -1.89. The number of halogens is 1. The van der Waals surface area contributed by atoms with Crippen LogP contribution in [0.5, 0.6) is 0 Å². The van der Waals surface area contributed by atoms with Crippen molar-refractivity contribution in [3.05, 3.63) is 34.3 Å². The van der Waals surface area contributed by atoms with Gasteiger partial charge in [-0.1, -0.05) is 22.4 Å². The number of hydrogen-bond acceptors (Lipinski definition) is 3. The van der Waals surface area contributed by atoms with Gasteiger partial charge in [0.1, 0.15) is 0 Å². The normalized spacial score (nSPS) is 10.1. The third kappa shape index (κ3) is 8.97. The van der Waals surface area contributed by atoms with Crippen LogP contribution in [0.2, 0.25) is 0 Å². The van der Waals surface area contributed by atoms with Gasteiger partial charge in [-0.05, 0) is 37.1 Å². The highest BCUT2D eigenvalue weighted by atomic mass is 79.9. The van der Waals surface area contributed by atoms with Crippen molar-refractivity contribution in [2.24, 2.45) is 0 Å². The lowest BCUT2D eigenvalue weighted by atomic mass is 10.2. The summed E-state index contributed by atoms with van der Waals surface area (Å²) in [5.74, 6) is -1.13. The molecule has 23 heavy (non-hydrogen) atoms. The van der Waals surface area contributed by atoms with Crippen molar-refractivity contribution in [3.63, 3.8) is 0 Å². The Bertz CT molecular complexity index is 531. The molecule has 2 amide bonds. The summed E-state index contributed by atoms with van der Waals surface area (Å²) in [5, 5.41) is 13.9. The summed E-state index contributed by atoms with van der Waals surface area (Å²) < 4.78 is 0.900. The predicted molar refractivity (Wildman–Crippen MR) is 90.2 cm³/mol. The van der Waals surface area contributed by atoms with E-state index in [0.29, 0.717) is 18.5 Å². The van der Waals surface area contributed by atoms with Crippen LogP contribution in [0.15, 0.2) is 28.7 Å². The van der Waals surface area contributed by atoms with Gasteiger partial charge in [-0.2, -0.15) is 0 Å². The molecule has 0 spiro atoms. The topological polar surface area (TPSA) is 95.5 Å². The number of benzene rings is 1. The molecule has 0 bridgehead atoms. The van der Waals surface area contributed by atoms with E-state index in [-0.39, 0.29) is 31.2 Å². The molecule has 6 nitrogen and oxygen atoms in total. The molecule has 7 heteroatoms. The highest BCUT2D eigenvalue weighted by Gasteiger charge is 2.06. The first-order chi connectivity index (χ1) is 11.0. The third-order valence-corrected chi connectivity index (χ3v) is 3.66. The number of rotatable bonds is 10. The Labute approximate surface area is 143 Å². The Kier molecular flexibility index (Phi) is 8.97. The maximum atomic E-state index is 11.8. The van der Waals surface area contributed by atoms with Crippen molar-refractivity contribution < 1.29 is 19.5 Å². The number of unbranched alkanes of at least 4 members (excludes halogenated alkanes) is 2. The van der Waals surface area contributed by atoms with Crippen molar-refractivity contribution in [2.75, 3.05) is 13.1 Å². The van der Waals surface area contributed by atoms with Crippen molar-refractivity contribution in [2.45, 2.75) is 32.1 Å². The lowest BCUT2D eigenvalue weighted by Crippen LogP contribution is -2.31. The number of carbonyl (C=O) groups excluding carboxylic acids is 2. The van der Waals surface area contributed by atoms with E-state index in [9.17, 15) is 14.4 Å². The zero-order valence-corrected chi connectivity index (χ0v) is 14.4. The van der Waals surface area contributed by atoms with Gasteiger partial charge in [-0.25, -0.2) is 0 Å². The fourth-order valence-corrected chi connectivity index (χ4v) is 2.15. The van der Waals surface area contributed by atoms with Gasteiger partial charge >= 0.3 is 5.97 Å². The molecule has 126 valence electrons. The van der Waals surface area contributed by atoms with Crippen LogP contribution in [0.25, 0.3) is 0 Å². The minimum absolute atomic E-state index is 0.126. The van der Waals surface area contributed by atoms with Gasteiger partial charge in [-0.15, -0.1) is 0 Å². The zero-order valence-electron chi connectivity index (χ0n) is 12.8. The van der Waals surface area contributed by atoms with Crippen LogP contribution in [0.1, 0.15) is 42.5 Å². The summed E-state index contributed by atoms with van der Waals surface area (Å²) in [5.41, 5.74) is 0.548. The molecule has 0 aromatic heterocycles. The molecule has 0 aliphatic carbocycles. The average molecular weight is 385 g/mol. The molecular weight excluding hydrogens is 364 g/mol. The molecule has 0 radical (unpaired) electrons. The molecule has 1 aromatic carbocycles. The number of carboxylic acids is 1. The number of aliphatic carboxylic acids is 1. The first-order valence-corrected chi connectivity index (χ1v) is 8.30. The summed E-state index contributed by atoms with van der Waals surface area (Å²) >= 11 is 3.30. The molecule has 3 N–H and O–H groups in total. The van der Waals surface area contributed by atoms with Crippen LogP contribution < -0.4 is 10.6 Å². The SMILES string of the molecule is O=C(O)CCCCCNC(=O)CCNC(=O)c1ccc(Br)cc1. The molecule has 0 saturated carbocycles. The number of carbonyl (C=O) groups is 3. The van der Waals surface area contributed by atoms with E-state index in [1.807, 2.05) is 0 Å². The summed E-state index contributed by atoms with van der Waals surface area (Å²) in [6, 6.07) is 6.98. The van der Waals surface area contributed by atoms with E-state index in [4.69, 9.17) is 5.11 Å². The van der Waals surface area contributed by atoms with Crippen molar-refractivity contribution in [1.82, 2.24) is 10.6 Å². The van der Waals surface area contributed by atoms with Gasteiger partial charge in [0.05, 0.1) is 0 Å². The van der Waals surface area contributed by atoms with Crippen molar-refractivity contribution >= 4 is 33.7 Å². The van der Waals surface area contributed by atoms with Crippen LogP contribution in [0, 0.1) is 0 Å². The van der Waals surface area contributed by atoms with E-state index in [1.165, 1.54) is 0 Å². The van der Waals surface area contributed by atoms with Crippen LogP contribution >= 0.6 is 15.9 Å². The Morgan fingerprint density at radius 3 is 2.26 bits per heavy atom. The second kappa shape index (κ2) is 10.8. The first-order valence-electron chi connectivity index (χ1n) is 7.51. The summed E-state index contributed by atoms with van der Waals surface area (Å²) in [6.07, 6.45) is 2.53. The van der Waals surface area contributed by atoms with Gasteiger partial charge in [-0.3, -0.25) is 14.4 Å². The minimum Gasteiger partial charge on any atom is -0.481 e. The summed E-state index contributed by atoms with van der Waals surface area (Å²) in [4.78, 5) is 33.7. The molecule has 0 fully saturated rings. The number of hydrogen-bond donors (Lipinski definition) is 3. The monoisotopic (exact) mass is 384 g/mol. The van der Waals surface area contributed by atoms with Gasteiger partial charge in [0.2, 0.25) is 5.91 Å². The van der Waals surface area contributed by atoms with Gasteiger partial charge < -0.3 is 15.7 Å². The number of nitrogens with one attached hydrogen (secondary N) is 2. The lowest BCUT2D eigenvalue weighted by Gasteiger charge is -2.07. The first kappa shape index (κ1) is 19.2. The largest absolute Gasteiger partial charge is 0.481 e. The number of carboxylic acid groups (broad SMARTS) is 1. The molecule has 0 unspecified atom stereocenters. The van der Waals surface area contributed by atoms with Crippen LogP contribution in [-0.4, -0.2) is 36.0 Å². The minimum atomic E-state index is -0.796. The third-order valence-electron chi connectivity index (χ3n) is 3.13. The molecule has 0 aliphatic rings. The molecule has 0 saturated heterocycles. The molecule has 0 heterocycles. The van der Waals surface area contributed by atoms with E-state index in [2.05, 4.69) is 26.6 Å². The van der Waals surface area contributed by atoms with Crippen molar-refractivity contribution in [1.29, 1.82) is 0 Å². The van der Waals surface area contributed by atoms with Gasteiger partial charge in [0.15, 0.2) is 0 Å². The van der Waals surface area contributed by atoms with Gasteiger partial charge in [0, 0.05) is 36.0 Å². The van der Waals surface area contributed by atoms with Crippen LogP contribution in [0.3, 0.4) is 0 Å². The molecule has 1 rings (SSSR count). The molecule has 0 aliphatic heterocycles. The highest BCUT2D eigenvalue weighted by molar-refractivity contribution is 9.10. The Balaban J connectivity index is 2.08. The van der Waals surface area contributed by atoms with Gasteiger partial charge in [0.25, 0.3) is 5.91 Å². The van der Waals surface area contributed by atoms with E-state index >= 15 is 0 Å². The lowest BCUT2D eigenvalue weighted by molar-refractivity contribution is -0.137. The molecular formula is C16H21BrN2O4.